The zero-order valence-corrected chi connectivity index (χ0v) is 11.6. The molecule has 0 aromatic heterocycles. The summed E-state index contributed by atoms with van der Waals surface area (Å²) in [4.78, 5) is 2.03. The van der Waals surface area contributed by atoms with Gasteiger partial charge in [-0.05, 0) is 38.0 Å². The van der Waals surface area contributed by atoms with Crippen LogP contribution in [-0.4, -0.2) is 34.8 Å². The van der Waals surface area contributed by atoms with Crippen LogP contribution >= 0.6 is 11.6 Å². The van der Waals surface area contributed by atoms with Gasteiger partial charge >= 0.3 is 0 Å². The van der Waals surface area contributed by atoms with E-state index in [4.69, 9.17) is 22.5 Å². The van der Waals surface area contributed by atoms with Crippen LogP contribution in [0, 0.1) is 0 Å². The quantitative estimate of drug-likeness (QED) is 0.334. The number of aliphatic hydroxyl groups is 1. The highest BCUT2D eigenvalue weighted by Gasteiger charge is 2.29. The van der Waals surface area contributed by atoms with Crippen LogP contribution in [0.15, 0.2) is 23.4 Å². The van der Waals surface area contributed by atoms with Crippen molar-refractivity contribution in [3.8, 4) is 0 Å². The average molecular weight is 284 g/mol. The van der Waals surface area contributed by atoms with Gasteiger partial charge in [-0.15, -0.1) is 0 Å². The molecule has 1 aliphatic heterocycles. The van der Waals surface area contributed by atoms with Crippen molar-refractivity contribution >= 4 is 23.1 Å². The summed E-state index contributed by atoms with van der Waals surface area (Å²) in [6, 6.07) is 5.25. The molecule has 1 fully saturated rings. The first-order valence-corrected chi connectivity index (χ1v) is 6.55. The van der Waals surface area contributed by atoms with E-state index in [9.17, 15) is 5.11 Å². The van der Waals surface area contributed by atoms with Crippen LogP contribution in [0.1, 0.15) is 25.3 Å². The summed E-state index contributed by atoms with van der Waals surface area (Å²) in [6.45, 7) is 3.15. The first-order valence-electron chi connectivity index (χ1n) is 6.18. The number of anilines is 1. The minimum absolute atomic E-state index is 0.0164. The number of halogens is 1. The fourth-order valence-electron chi connectivity index (χ4n) is 2.47. The monoisotopic (exact) mass is 283 g/mol. The molecule has 1 atom stereocenters. The lowest BCUT2D eigenvalue weighted by atomic mass is 9.94. The third kappa shape index (κ3) is 3.11. The average Bonchev–Trinajstić information content (AvgIpc) is 2.36. The molecule has 1 heterocycles. The second kappa shape index (κ2) is 5.27. The molecular weight excluding hydrogens is 266 g/mol. The molecule has 0 saturated carbocycles. The summed E-state index contributed by atoms with van der Waals surface area (Å²) >= 11 is 5.95. The molecule has 2 rings (SSSR count). The minimum atomic E-state index is -0.722. The molecule has 104 valence electrons. The largest absolute Gasteiger partial charge is 0.409 e. The molecular formula is C13H18ClN3O2. The lowest BCUT2D eigenvalue weighted by molar-refractivity contribution is 0.0449. The number of hydrogen-bond acceptors (Lipinski definition) is 4. The van der Waals surface area contributed by atoms with Crippen LogP contribution in [0.4, 0.5) is 5.69 Å². The van der Waals surface area contributed by atoms with Crippen LogP contribution in [0.25, 0.3) is 0 Å². The van der Waals surface area contributed by atoms with Crippen LogP contribution in [0.5, 0.6) is 0 Å². The summed E-state index contributed by atoms with van der Waals surface area (Å²) in [6.07, 6.45) is 1.67. The molecule has 1 aromatic rings. The molecule has 1 saturated heterocycles. The number of hydrogen-bond donors (Lipinski definition) is 3. The third-order valence-corrected chi connectivity index (χ3v) is 3.59. The van der Waals surface area contributed by atoms with E-state index in [0.29, 0.717) is 17.1 Å². The number of oxime groups is 1. The first kappa shape index (κ1) is 14.0. The molecule has 0 spiro atoms. The topological polar surface area (TPSA) is 82.1 Å². The Kier molecular flexibility index (Phi) is 3.87. The van der Waals surface area contributed by atoms with Crippen LogP contribution in [0.2, 0.25) is 5.02 Å². The maximum absolute atomic E-state index is 10.2. The van der Waals surface area contributed by atoms with E-state index >= 15 is 0 Å². The number of nitrogens with two attached hydrogens (primary N) is 1. The van der Waals surface area contributed by atoms with Crippen molar-refractivity contribution in [3.63, 3.8) is 0 Å². The van der Waals surface area contributed by atoms with Gasteiger partial charge in [-0.25, -0.2) is 0 Å². The van der Waals surface area contributed by atoms with Crippen molar-refractivity contribution in [1.29, 1.82) is 0 Å². The molecule has 0 radical (unpaired) electrons. The fourth-order valence-corrected chi connectivity index (χ4v) is 2.64. The highest BCUT2D eigenvalue weighted by Crippen LogP contribution is 2.30. The number of piperidine rings is 1. The molecule has 5 nitrogen and oxygen atoms in total. The maximum Gasteiger partial charge on any atom is 0.172 e. The lowest BCUT2D eigenvalue weighted by Gasteiger charge is -2.39. The van der Waals surface area contributed by atoms with E-state index in [0.717, 1.165) is 25.1 Å². The molecule has 6 heteroatoms. The van der Waals surface area contributed by atoms with E-state index in [1.165, 1.54) is 0 Å². The van der Waals surface area contributed by atoms with Gasteiger partial charge in [-0.3, -0.25) is 0 Å². The Morgan fingerprint density at radius 2 is 2.26 bits per heavy atom. The van der Waals surface area contributed by atoms with Crippen LogP contribution in [-0.2, 0) is 0 Å². The highest BCUT2D eigenvalue weighted by atomic mass is 35.5. The highest BCUT2D eigenvalue weighted by molar-refractivity contribution is 6.31. The number of rotatable bonds is 2. The maximum atomic E-state index is 10.2. The predicted molar refractivity (Wildman–Crippen MR) is 76.0 cm³/mol. The number of amidine groups is 1. The van der Waals surface area contributed by atoms with Gasteiger partial charge in [0.25, 0.3) is 0 Å². The predicted octanol–water partition coefficient (Wildman–Crippen LogP) is 1.79. The molecule has 0 amide bonds. The molecule has 0 bridgehead atoms. The Balaban J connectivity index is 2.39. The van der Waals surface area contributed by atoms with Gasteiger partial charge in [-0.2, -0.15) is 0 Å². The number of β-amino-alcohol motifs (C(OH)–C–C–N with tert-alkyl or cyclic N) is 1. The Morgan fingerprint density at radius 1 is 1.53 bits per heavy atom. The van der Waals surface area contributed by atoms with Crippen molar-refractivity contribution in [2.24, 2.45) is 10.9 Å². The van der Waals surface area contributed by atoms with Gasteiger partial charge in [0.1, 0.15) is 0 Å². The van der Waals surface area contributed by atoms with Gasteiger partial charge in [0.05, 0.1) is 5.60 Å². The minimum Gasteiger partial charge on any atom is -0.409 e. The zero-order chi connectivity index (χ0) is 14.0. The van der Waals surface area contributed by atoms with E-state index in [2.05, 4.69) is 5.16 Å². The number of benzene rings is 1. The van der Waals surface area contributed by atoms with Gasteiger partial charge < -0.3 is 20.9 Å². The Morgan fingerprint density at radius 3 is 2.89 bits per heavy atom. The lowest BCUT2D eigenvalue weighted by Crippen LogP contribution is -2.46. The Labute approximate surface area is 117 Å². The van der Waals surface area contributed by atoms with E-state index in [-0.39, 0.29) is 5.84 Å². The van der Waals surface area contributed by atoms with Crippen molar-refractivity contribution in [2.45, 2.75) is 25.4 Å². The van der Waals surface area contributed by atoms with Gasteiger partial charge in [0.15, 0.2) is 5.84 Å². The summed E-state index contributed by atoms with van der Waals surface area (Å²) < 4.78 is 0. The van der Waals surface area contributed by atoms with Crippen molar-refractivity contribution in [1.82, 2.24) is 0 Å². The van der Waals surface area contributed by atoms with Gasteiger partial charge in [0, 0.05) is 29.4 Å². The summed E-state index contributed by atoms with van der Waals surface area (Å²) in [5, 5.41) is 22.6. The summed E-state index contributed by atoms with van der Waals surface area (Å²) in [7, 11) is 0. The van der Waals surface area contributed by atoms with E-state index in [1.807, 2.05) is 17.9 Å². The molecule has 19 heavy (non-hydrogen) atoms. The van der Waals surface area contributed by atoms with Crippen LogP contribution < -0.4 is 10.6 Å². The fraction of sp³-hybridized carbons (Fsp3) is 0.462. The first-order chi connectivity index (χ1) is 8.93. The number of nitrogens with zero attached hydrogens (tertiary/aromatic N) is 2. The molecule has 1 unspecified atom stereocenters. The van der Waals surface area contributed by atoms with Crippen LogP contribution in [0.3, 0.4) is 0 Å². The summed E-state index contributed by atoms with van der Waals surface area (Å²) in [5.41, 5.74) is 6.36. The van der Waals surface area contributed by atoms with E-state index < -0.39 is 5.60 Å². The van der Waals surface area contributed by atoms with Gasteiger partial charge in [-0.1, -0.05) is 16.8 Å². The normalized spacial score (nSPS) is 24.6. The van der Waals surface area contributed by atoms with E-state index in [1.54, 1.807) is 12.1 Å². The van der Waals surface area contributed by atoms with Crippen molar-refractivity contribution in [2.75, 3.05) is 18.0 Å². The SMILES string of the molecule is CC1(O)CCCN(c2ccc(Cl)cc2/C(N)=N/O)C1. The standard InChI is InChI=1S/C13H18ClN3O2/c1-13(18)5-2-6-17(8-13)11-4-3-9(14)7-10(11)12(15)16-19/h3-4,7,18-19H,2,5-6,8H2,1H3,(H2,15,16). The third-order valence-electron chi connectivity index (χ3n) is 3.36. The molecule has 1 aliphatic rings. The smallest absolute Gasteiger partial charge is 0.172 e. The Hall–Kier alpha value is -1.46. The second-order valence-corrected chi connectivity index (χ2v) is 5.61. The van der Waals surface area contributed by atoms with Gasteiger partial charge in [0.2, 0.25) is 0 Å². The zero-order valence-electron chi connectivity index (χ0n) is 10.8. The van der Waals surface area contributed by atoms with Crippen molar-refractivity contribution < 1.29 is 10.3 Å². The molecule has 0 aliphatic carbocycles. The molecule has 4 N–H and O–H groups in total. The second-order valence-electron chi connectivity index (χ2n) is 5.17. The van der Waals surface area contributed by atoms with Crippen molar-refractivity contribution in [3.05, 3.63) is 28.8 Å². The summed E-state index contributed by atoms with van der Waals surface area (Å²) in [5.74, 6) is 0.0164. The Bertz CT molecular complexity index is 503. The molecule has 1 aromatic carbocycles.